The van der Waals surface area contributed by atoms with Crippen LogP contribution in [0.3, 0.4) is 0 Å². The summed E-state index contributed by atoms with van der Waals surface area (Å²) in [5.74, 6) is 0.0619. The number of rotatable bonds is 12. The third-order valence-corrected chi connectivity index (χ3v) is 2.90. The molecule has 19 heavy (non-hydrogen) atoms. The molecule has 0 aromatic rings. The normalized spacial score (nSPS) is 10.2. The van der Waals surface area contributed by atoms with Crippen molar-refractivity contribution < 1.29 is 19.1 Å². The average molecular weight is 293 g/mol. The Morgan fingerprint density at radius 3 is 1.95 bits per heavy atom. The van der Waals surface area contributed by atoms with Gasteiger partial charge in [0.1, 0.15) is 0 Å². The highest BCUT2D eigenvalue weighted by Crippen LogP contribution is 2.06. The molecule has 4 nitrogen and oxygen atoms in total. The lowest BCUT2D eigenvalue weighted by Crippen LogP contribution is -2.10. The summed E-state index contributed by atoms with van der Waals surface area (Å²) in [6, 6.07) is 0. The Kier molecular flexibility index (Phi) is 13.1. The molecule has 0 unspecified atom stereocenters. The van der Waals surface area contributed by atoms with Crippen LogP contribution in [-0.2, 0) is 19.1 Å². The number of alkyl halides is 1. The molecule has 0 fully saturated rings. The van der Waals surface area contributed by atoms with Crippen LogP contribution in [0.2, 0.25) is 0 Å². The number of halogens is 1. The van der Waals surface area contributed by atoms with E-state index in [2.05, 4.69) is 0 Å². The molecule has 5 heteroatoms. The summed E-state index contributed by atoms with van der Waals surface area (Å²) in [4.78, 5) is 22.3. The molecule has 0 saturated carbocycles. The SMILES string of the molecule is CCOC(=O)CCC(=O)OCCCCCCCCCl. The van der Waals surface area contributed by atoms with Crippen LogP contribution in [0.4, 0.5) is 0 Å². The smallest absolute Gasteiger partial charge is 0.306 e. The van der Waals surface area contributed by atoms with Crippen molar-refractivity contribution >= 4 is 23.5 Å². The molecule has 0 spiro atoms. The maximum atomic E-state index is 11.3. The van der Waals surface area contributed by atoms with E-state index in [-0.39, 0.29) is 24.8 Å². The van der Waals surface area contributed by atoms with Crippen LogP contribution in [0.5, 0.6) is 0 Å². The van der Waals surface area contributed by atoms with Crippen molar-refractivity contribution in [3.63, 3.8) is 0 Å². The van der Waals surface area contributed by atoms with Crippen LogP contribution in [0.15, 0.2) is 0 Å². The van der Waals surface area contributed by atoms with E-state index in [1.54, 1.807) is 6.92 Å². The van der Waals surface area contributed by atoms with E-state index in [0.717, 1.165) is 31.6 Å². The summed E-state index contributed by atoms with van der Waals surface area (Å²) in [5, 5.41) is 0. The van der Waals surface area contributed by atoms with Gasteiger partial charge in [-0.2, -0.15) is 0 Å². The molecule has 0 atom stereocenters. The predicted octanol–water partition coefficient (Wildman–Crippen LogP) is 3.45. The number of hydrogen-bond acceptors (Lipinski definition) is 4. The highest BCUT2D eigenvalue weighted by molar-refractivity contribution is 6.17. The minimum atomic E-state index is -0.348. The van der Waals surface area contributed by atoms with Crippen LogP contribution in [-0.4, -0.2) is 31.0 Å². The molecule has 112 valence electrons. The first-order chi connectivity index (χ1) is 9.20. The first kappa shape index (κ1) is 18.2. The first-order valence-electron chi connectivity index (χ1n) is 7.08. The summed E-state index contributed by atoms with van der Waals surface area (Å²) < 4.78 is 9.76. The van der Waals surface area contributed by atoms with Crippen LogP contribution < -0.4 is 0 Å². The Balaban J connectivity index is 3.27. The van der Waals surface area contributed by atoms with Crippen molar-refractivity contribution in [1.29, 1.82) is 0 Å². The number of carbonyl (C=O) groups excluding carboxylic acids is 2. The molecule has 0 radical (unpaired) electrons. The molecular formula is C14H25ClO4. The first-order valence-corrected chi connectivity index (χ1v) is 7.61. The molecule has 0 saturated heterocycles. The lowest BCUT2D eigenvalue weighted by Gasteiger charge is -2.05. The summed E-state index contributed by atoms with van der Waals surface area (Å²) in [6.45, 7) is 2.53. The van der Waals surface area contributed by atoms with Gasteiger partial charge in [0.05, 0.1) is 26.1 Å². The summed E-state index contributed by atoms with van der Waals surface area (Å²) >= 11 is 5.58. The van der Waals surface area contributed by atoms with E-state index < -0.39 is 0 Å². The molecule has 0 aliphatic rings. The fourth-order valence-corrected chi connectivity index (χ4v) is 1.79. The van der Waals surface area contributed by atoms with Gasteiger partial charge in [0.2, 0.25) is 0 Å². The van der Waals surface area contributed by atoms with Gasteiger partial charge in [-0.05, 0) is 19.8 Å². The maximum Gasteiger partial charge on any atom is 0.306 e. The molecule has 0 aromatic heterocycles. The van der Waals surface area contributed by atoms with E-state index >= 15 is 0 Å². The van der Waals surface area contributed by atoms with Gasteiger partial charge in [0.25, 0.3) is 0 Å². The number of carbonyl (C=O) groups is 2. The Hall–Kier alpha value is -0.770. The monoisotopic (exact) mass is 292 g/mol. The van der Waals surface area contributed by atoms with Gasteiger partial charge < -0.3 is 9.47 Å². The van der Waals surface area contributed by atoms with Crippen molar-refractivity contribution in [3.8, 4) is 0 Å². The second kappa shape index (κ2) is 13.7. The van der Waals surface area contributed by atoms with E-state index in [9.17, 15) is 9.59 Å². The number of hydrogen-bond donors (Lipinski definition) is 0. The van der Waals surface area contributed by atoms with Gasteiger partial charge in [-0.15, -0.1) is 11.6 Å². The second-order valence-electron chi connectivity index (χ2n) is 4.34. The zero-order valence-electron chi connectivity index (χ0n) is 11.8. The second-order valence-corrected chi connectivity index (χ2v) is 4.71. The minimum Gasteiger partial charge on any atom is -0.466 e. The quantitative estimate of drug-likeness (QED) is 0.314. The summed E-state index contributed by atoms with van der Waals surface area (Å²) in [6.07, 6.45) is 6.73. The number of esters is 2. The van der Waals surface area contributed by atoms with Gasteiger partial charge in [0, 0.05) is 5.88 Å². The van der Waals surface area contributed by atoms with Gasteiger partial charge in [-0.1, -0.05) is 25.7 Å². The topological polar surface area (TPSA) is 52.6 Å². The standard InChI is InChI=1S/C14H25ClO4/c1-2-18-13(16)9-10-14(17)19-12-8-6-4-3-5-7-11-15/h2-12H2,1H3. The van der Waals surface area contributed by atoms with Gasteiger partial charge in [-0.25, -0.2) is 0 Å². The largest absolute Gasteiger partial charge is 0.466 e. The lowest BCUT2D eigenvalue weighted by molar-refractivity contribution is -0.150. The fourth-order valence-electron chi connectivity index (χ4n) is 1.60. The van der Waals surface area contributed by atoms with E-state index in [1.165, 1.54) is 12.8 Å². The zero-order chi connectivity index (χ0) is 14.3. The van der Waals surface area contributed by atoms with Crippen LogP contribution >= 0.6 is 11.6 Å². The molecule has 0 amide bonds. The van der Waals surface area contributed by atoms with Crippen LogP contribution in [0.1, 0.15) is 58.3 Å². The zero-order valence-corrected chi connectivity index (χ0v) is 12.5. The number of unbranched alkanes of at least 4 members (excludes halogenated alkanes) is 5. The van der Waals surface area contributed by atoms with Crippen LogP contribution in [0.25, 0.3) is 0 Å². The lowest BCUT2D eigenvalue weighted by atomic mass is 10.1. The van der Waals surface area contributed by atoms with Crippen molar-refractivity contribution in [2.24, 2.45) is 0 Å². The van der Waals surface area contributed by atoms with Gasteiger partial charge in [0.15, 0.2) is 0 Å². The molecule has 0 aliphatic heterocycles. The molecule has 0 aromatic carbocycles. The Bertz CT molecular complexity index is 244. The van der Waals surface area contributed by atoms with Crippen molar-refractivity contribution in [2.75, 3.05) is 19.1 Å². The average Bonchev–Trinajstić information content (AvgIpc) is 2.40. The molecule has 0 heterocycles. The molecule has 0 aliphatic carbocycles. The molecule has 0 N–H and O–H groups in total. The van der Waals surface area contributed by atoms with E-state index in [4.69, 9.17) is 21.1 Å². The summed E-state index contributed by atoms with van der Waals surface area (Å²) in [5.41, 5.74) is 0. The maximum absolute atomic E-state index is 11.3. The fraction of sp³-hybridized carbons (Fsp3) is 0.857. The van der Waals surface area contributed by atoms with Crippen molar-refractivity contribution in [3.05, 3.63) is 0 Å². The third-order valence-electron chi connectivity index (χ3n) is 2.63. The highest BCUT2D eigenvalue weighted by atomic mass is 35.5. The minimum absolute atomic E-state index is 0.102. The van der Waals surface area contributed by atoms with Gasteiger partial charge in [-0.3, -0.25) is 9.59 Å². The Morgan fingerprint density at radius 2 is 1.37 bits per heavy atom. The molecular weight excluding hydrogens is 268 g/mol. The van der Waals surface area contributed by atoms with Crippen molar-refractivity contribution in [2.45, 2.75) is 58.3 Å². The van der Waals surface area contributed by atoms with Crippen molar-refractivity contribution in [1.82, 2.24) is 0 Å². The molecule has 0 rings (SSSR count). The number of ether oxygens (including phenoxy) is 2. The van der Waals surface area contributed by atoms with E-state index in [0.29, 0.717) is 13.2 Å². The Labute approximate surface area is 120 Å². The molecule has 0 bridgehead atoms. The third kappa shape index (κ3) is 13.5. The predicted molar refractivity (Wildman–Crippen MR) is 75.2 cm³/mol. The summed E-state index contributed by atoms with van der Waals surface area (Å²) in [7, 11) is 0. The van der Waals surface area contributed by atoms with Crippen LogP contribution in [0, 0.1) is 0 Å². The Morgan fingerprint density at radius 1 is 0.842 bits per heavy atom. The highest BCUT2D eigenvalue weighted by Gasteiger charge is 2.08. The van der Waals surface area contributed by atoms with E-state index in [1.807, 2.05) is 0 Å². The van der Waals surface area contributed by atoms with Gasteiger partial charge >= 0.3 is 11.9 Å².